The maximum Gasteiger partial charge on any atom is 0.0358 e. The molecule has 1 aromatic rings. The second kappa shape index (κ2) is 3.24. The second-order valence-electron chi connectivity index (χ2n) is 3.15. The van der Waals surface area contributed by atoms with Crippen LogP contribution in [0.1, 0.15) is 25.1 Å². The van der Waals surface area contributed by atoms with Crippen LogP contribution in [0.3, 0.4) is 0 Å². The number of aromatic nitrogens is 1. The van der Waals surface area contributed by atoms with Crippen molar-refractivity contribution in [1.82, 2.24) is 3.96 Å². The van der Waals surface area contributed by atoms with E-state index < -0.39 is 0 Å². The van der Waals surface area contributed by atoms with Gasteiger partial charge in [-0.25, -0.2) is 0 Å². The number of nitrogens with zero attached hydrogens (tertiary/aromatic N) is 1. The summed E-state index contributed by atoms with van der Waals surface area (Å²) in [6, 6.07) is 0. The van der Waals surface area contributed by atoms with Gasteiger partial charge in [-0.3, -0.25) is 0 Å². The van der Waals surface area contributed by atoms with Crippen molar-refractivity contribution in [2.24, 2.45) is 5.92 Å². The van der Waals surface area contributed by atoms with E-state index in [0.29, 0.717) is 0 Å². The van der Waals surface area contributed by atoms with Gasteiger partial charge in [0.15, 0.2) is 0 Å². The molecule has 0 atom stereocenters. The second-order valence-corrected chi connectivity index (χ2v) is 4.45. The van der Waals surface area contributed by atoms with E-state index >= 15 is 0 Å². The van der Waals surface area contributed by atoms with Gasteiger partial charge in [0.1, 0.15) is 0 Å². The first-order valence-corrected chi connectivity index (χ1v) is 4.59. The Morgan fingerprint density at radius 2 is 2.20 bits per heavy atom. The van der Waals surface area contributed by atoms with Gasteiger partial charge in [-0.15, -0.1) is 0 Å². The Balaban J connectivity index is 2.19. The maximum absolute atomic E-state index is 2.30. The lowest BCUT2D eigenvalue weighted by Crippen LogP contribution is -2.02. The lowest BCUT2D eigenvalue weighted by molar-refractivity contribution is 0.530. The fourth-order valence-electron chi connectivity index (χ4n) is 0.884. The van der Waals surface area contributed by atoms with Gasteiger partial charge in [-0.05, 0) is 19.3 Å². The molecular weight excluding hydrogens is 142 g/mol. The molecule has 10 heavy (non-hydrogen) atoms. The topological polar surface area (TPSA) is 4.93 Å². The molecule has 1 aromatic heterocycles. The molecule has 0 bridgehead atoms. The van der Waals surface area contributed by atoms with Crippen LogP contribution in [0.2, 0.25) is 0 Å². The minimum Gasteiger partial charge on any atom is -0.304 e. The molecule has 0 spiro atoms. The van der Waals surface area contributed by atoms with Gasteiger partial charge in [0.25, 0.3) is 0 Å². The molecular formula is C8H15NS. The van der Waals surface area contributed by atoms with E-state index in [1.165, 1.54) is 17.8 Å². The van der Waals surface area contributed by atoms with E-state index in [1.54, 1.807) is 0 Å². The molecule has 0 aromatic carbocycles. The highest BCUT2D eigenvalue weighted by Crippen LogP contribution is 2.13. The van der Waals surface area contributed by atoms with Gasteiger partial charge in [-0.1, -0.05) is 25.4 Å². The van der Waals surface area contributed by atoms with Crippen LogP contribution in [-0.4, -0.2) is 3.96 Å². The molecule has 0 N–H and O–H groups in total. The van der Waals surface area contributed by atoms with Crippen LogP contribution in [0.4, 0.5) is 0 Å². The summed E-state index contributed by atoms with van der Waals surface area (Å²) in [6.07, 6.45) is 3.52. The van der Waals surface area contributed by atoms with Crippen molar-refractivity contribution in [2.75, 3.05) is 0 Å². The summed E-state index contributed by atoms with van der Waals surface area (Å²) in [5.74, 6) is 0.829. The van der Waals surface area contributed by atoms with Crippen molar-refractivity contribution < 1.29 is 0 Å². The van der Waals surface area contributed by atoms with Gasteiger partial charge in [0.05, 0.1) is 0 Å². The van der Waals surface area contributed by atoms with E-state index in [-0.39, 0.29) is 0 Å². The first kappa shape index (κ1) is 7.86. The zero-order chi connectivity index (χ0) is 7.56. The molecule has 0 aliphatic carbocycles. The fourth-order valence-corrected chi connectivity index (χ4v) is 1.68. The van der Waals surface area contributed by atoms with Crippen LogP contribution in [0.15, 0.2) is 6.20 Å². The molecule has 58 valence electrons. The molecule has 0 saturated carbocycles. The third kappa shape index (κ3) is 2.18. The molecule has 0 aliphatic rings. The Bertz CT molecular complexity index is 174. The normalized spacial score (nSPS) is 11.2. The zero-order valence-corrected chi connectivity index (χ0v) is 7.74. The van der Waals surface area contributed by atoms with E-state index in [4.69, 9.17) is 0 Å². The molecule has 1 rings (SSSR count). The van der Waals surface area contributed by atoms with Crippen LogP contribution in [-0.2, 0) is 6.54 Å². The van der Waals surface area contributed by atoms with Crippen LogP contribution in [0.25, 0.3) is 0 Å². The molecule has 2 heteroatoms. The third-order valence-electron chi connectivity index (χ3n) is 1.51. The Kier molecular flexibility index (Phi) is 2.55. The monoisotopic (exact) mass is 157 g/mol. The predicted molar refractivity (Wildman–Crippen MR) is 46.5 cm³/mol. The molecule has 0 amide bonds. The Hall–Kier alpha value is -0.240. The molecule has 0 saturated heterocycles. The largest absolute Gasteiger partial charge is 0.304 e. The summed E-state index contributed by atoms with van der Waals surface area (Å²) in [6.45, 7) is 7.89. The van der Waals surface area contributed by atoms with E-state index in [9.17, 15) is 0 Å². The minimum absolute atomic E-state index is 0.829. The Morgan fingerprint density at radius 1 is 1.60 bits per heavy atom. The van der Waals surface area contributed by atoms with Crippen molar-refractivity contribution in [1.29, 1.82) is 0 Å². The highest BCUT2D eigenvalue weighted by molar-refractivity contribution is 7.07. The number of rotatable bonds is 3. The number of hydrogen-bond donors (Lipinski definition) is 0. The van der Waals surface area contributed by atoms with Crippen molar-refractivity contribution in [3.8, 4) is 0 Å². The average molecular weight is 157 g/mol. The van der Waals surface area contributed by atoms with E-state index in [1.807, 2.05) is 11.5 Å². The Labute approximate surface area is 66.8 Å². The fraction of sp³-hybridized carbons (Fsp3) is 0.750. The number of hydrogen-bond acceptors (Lipinski definition) is 1. The van der Waals surface area contributed by atoms with Crippen molar-refractivity contribution in [3.05, 3.63) is 11.1 Å². The third-order valence-corrected chi connectivity index (χ3v) is 2.43. The molecule has 0 fully saturated rings. The lowest BCUT2D eigenvalue weighted by atomic mass is 10.1. The summed E-state index contributed by atoms with van der Waals surface area (Å²) in [4.78, 5) is 1.43. The summed E-state index contributed by atoms with van der Waals surface area (Å²) in [7, 11) is 0. The first-order valence-electron chi connectivity index (χ1n) is 3.81. The highest BCUT2D eigenvalue weighted by Gasteiger charge is 1.98. The summed E-state index contributed by atoms with van der Waals surface area (Å²) in [5, 5.41) is 0. The summed E-state index contributed by atoms with van der Waals surface area (Å²) < 4.78 is 2.30. The molecule has 1 nitrogen and oxygen atoms in total. The first-order chi connectivity index (χ1) is 4.68. The molecule has 0 radical (unpaired) electrons. The smallest absolute Gasteiger partial charge is 0.0358 e. The van der Waals surface area contributed by atoms with E-state index in [0.717, 1.165) is 5.92 Å². The number of aryl methyl sites for hydroxylation is 2. The van der Waals surface area contributed by atoms with Crippen LogP contribution < -0.4 is 0 Å². The van der Waals surface area contributed by atoms with Crippen LogP contribution in [0, 0.1) is 12.8 Å². The SMILES string of the molecule is Cc1cn(CCC(C)C)s1. The quantitative estimate of drug-likeness (QED) is 0.636. The molecule has 0 aliphatic heterocycles. The van der Waals surface area contributed by atoms with Crippen LogP contribution in [0.5, 0.6) is 0 Å². The average Bonchev–Trinajstić information content (AvgIpc) is 1.77. The minimum atomic E-state index is 0.829. The molecule has 0 unspecified atom stereocenters. The summed E-state index contributed by atoms with van der Waals surface area (Å²) in [5.41, 5.74) is 0. The van der Waals surface area contributed by atoms with E-state index in [2.05, 4.69) is 30.9 Å². The van der Waals surface area contributed by atoms with Gasteiger partial charge in [-0.2, -0.15) is 0 Å². The van der Waals surface area contributed by atoms with Gasteiger partial charge < -0.3 is 3.96 Å². The van der Waals surface area contributed by atoms with Gasteiger partial charge in [0, 0.05) is 17.6 Å². The standard InChI is InChI=1S/C8H15NS/c1-7(2)4-5-9-6-8(3)10-9/h6-7H,4-5H2,1-3H3. The van der Waals surface area contributed by atoms with Crippen molar-refractivity contribution in [2.45, 2.75) is 33.7 Å². The predicted octanol–water partition coefficient (Wildman–Crippen LogP) is 2.90. The Morgan fingerprint density at radius 3 is 2.60 bits per heavy atom. The van der Waals surface area contributed by atoms with Crippen LogP contribution >= 0.6 is 11.5 Å². The van der Waals surface area contributed by atoms with Crippen molar-refractivity contribution >= 4 is 11.5 Å². The zero-order valence-electron chi connectivity index (χ0n) is 6.92. The lowest BCUT2D eigenvalue weighted by Gasteiger charge is -2.11. The van der Waals surface area contributed by atoms with Gasteiger partial charge >= 0.3 is 0 Å². The summed E-state index contributed by atoms with van der Waals surface area (Å²) >= 11 is 1.86. The molecule has 1 heterocycles. The van der Waals surface area contributed by atoms with Crippen molar-refractivity contribution in [3.63, 3.8) is 0 Å². The maximum atomic E-state index is 2.30. The van der Waals surface area contributed by atoms with Gasteiger partial charge in [0.2, 0.25) is 0 Å². The highest BCUT2D eigenvalue weighted by atomic mass is 32.1.